The molecule has 126 valence electrons. The number of rotatable bonds is 2. The Bertz CT molecular complexity index is 828. The van der Waals surface area contributed by atoms with Gasteiger partial charge in [0.2, 0.25) is 5.95 Å². The summed E-state index contributed by atoms with van der Waals surface area (Å²) in [4.78, 5) is 14.3. The Kier molecular flexibility index (Phi) is 4.86. The molecule has 3 aromatic heterocycles. The third kappa shape index (κ3) is 3.15. The number of nitrogens with one attached hydrogen (secondary N) is 2. The maximum atomic E-state index is 5.84. The normalized spacial score (nSPS) is 15.6. The van der Waals surface area contributed by atoms with Crippen LogP contribution < -0.4 is 5.32 Å². The van der Waals surface area contributed by atoms with Crippen molar-refractivity contribution >= 4 is 22.4 Å². The van der Waals surface area contributed by atoms with Gasteiger partial charge >= 0.3 is 0 Å². The van der Waals surface area contributed by atoms with Crippen LogP contribution in [0, 0.1) is 6.92 Å². The number of ether oxygens (including phenoxy) is 1. The number of hydrogen-bond acceptors (Lipinski definition) is 7. The van der Waals surface area contributed by atoms with Gasteiger partial charge in [0.25, 0.3) is 0 Å². The van der Waals surface area contributed by atoms with Crippen molar-refractivity contribution in [2.24, 2.45) is 0 Å². The van der Waals surface area contributed by atoms with E-state index < -0.39 is 0 Å². The molecule has 1 atom stereocenters. The van der Waals surface area contributed by atoms with Crippen LogP contribution in [0.25, 0.3) is 11.3 Å². The van der Waals surface area contributed by atoms with E-state index >= 15 is 0 Å². The molecule has 1 aliphatic rings. The third-order valence-electron chi connectivity index (χ3n) is 3.51. The highest BCUT2D eigenvalue weighted by molar-refractivity contribution is 7.16. The summed E-state index contributed by atoms with van der Waals surface area (Å²) in [5.41, 5.74) is 3.77. The predicted molar refractivity (Wildman–Crippen MR) is 94.3 cm³/mol. The Balaban J connectivity index is 0.000000815. The summed E-state index contributed by atoms with van der Waals surface area (Å²) in [5, 5.41) is 11.0. The molecule has 0 bridgehead atoms. The number of fused-ring (bicyclic) bond motifs is 3. The average Bonchev–Trinajstić information content (AvgIpc) is 3.19. The Labute approximate surface area is 144 Å². The summed E-state index contributed by atoms with van der Waals surface area (Å²) in [5.74, 6) is 0.547. The second-order valence-corrected chi connectivity index (χ2v) is 6.17. The SMILES string of the molecule is CC.Cc1ccnc(Nc2nc3c(s2)COC(C)c2[nH]ncc2-3)n1. The summed E-state index contributed by atoms with van der Waals surface area (Å²) >= 11 is 1.55. The number of hydrogen-bond donors (Lipinski definition) is 2. The molecule has 7 nitrogen and oxygen atoms in total. The van der Waals surface area contributed by atoms with Crippen molar-refractivity contribution in [2.45, 2.75) is 40.4 Å². The van der Waals surface area contributed by atoms with Crippen molar-refractivity contribution in [3.63, 3.8) is 0 Å². The van der Waals surface area contributed by atoms with Crippen LogP contribution in [-0.4, -0.2) is 25.1 Å². The molecule has 0 saturated carbocycles. The largest absolute Gasteiger partial charge is 0.367 e. The van der Waals surface area contributed by atoms with Gasteiger partial charge in [0.1, 0.15) is 0 Å². The number of aryl methyl sites for hydroxylation is 1. The molecule has 1 aliphatic heterocycles. The van der Waals surface area contributed by atoms with Crippen molar-refractivity contribution in [1.82, 2.24) is 25.1 Å². The molecule has 8 heteroatoms. The number of aromatic nitrogens is 5. The lowest BCUT2D eigenvalue weighted by Crippen LogP contribution is -1.99. The molecule has 3 aromatic rings. The number of nitrogens with zero attached hydrogens (tertiary/aromatic N) is 4. The monoisotopic (exact) mass is 344 g/mol. The van der Waals surface area contributed by atoms with E-state index in [4.69, 9.17) is 4.74 Å². The predicted octanol–water partition coefficient (Wildman–Crippen LogP) is 3.99. The van der Waals surface area contributed by atoms with E-state index in [1.54, 1.807) is 23.7 Å². The molecule has 0 aliphatic carbocycles. The van der Waals surface area contributed by atoms with Crippen LogP contribution in [-0.2, 0) is 11.3 Å². The van der Waals surface area contributed by atoms with Gasteiger partial charge in [-0.1, -0.05) is 25.2 Å². The van der Waals surface area contributed by atoms with Crippen molar-refractivity contribution < 1.29 is 4.74 Å². The minimum absolute atomic E-state index is 0.0181. The van der Waals surface area contributed by atoms with Gasteiger partial charge in [0, 0.05) is 17.5 Å². The van der Waals surface area contributed by atoms with Crippen LogP contribution in [0.3, 0.4) is 0 Å². The van der Waals surface area contributed by atoms with E-state index in [2.05, 4.69) is 30.5 Å². The second-order valence-electron chi connectivity index (χ2n) is 5.09. The Hall–Kier alpha value is -2.32. The lowest BCUT2D eigenvalue weighted by molar-refractivity contribution is 0.0537. The smallest absolute Gasteiger partial charge is 0.229 e. The lowest BCUT2D eigenvalue weighted by atomic mass is 10.1. The fourth-order valence-corrected chi connectivity index (χ4v) is 3.29. The van der Waals surface area contributed by atoms with Crippen molar-refractivity contribution in [2.75, 3.05) is 5.32 Å². The van der Waals surface area contributed by atoms with Crippen molar-refractivity contribution in [3.05, 3.63) is 34.7 Å². The quantitative estimate of drug-likeness (QED) is 0.730. The summed E-state index contributed by atoms with van der Waals surface area (Å²) in [6.45, 7) is 8.47. The molecule has 0 spiro atoms. The van der Waals surface area contributed by atoms with Gasteiger partial charge < -0.3 is 10.1 Å². The summed E-state index contributed by atoms with van der Waals surface area (Å²) in [7, 11) is 0. The molecule has 0 radical (unpaired) electrons. The van der Waals surface area contributed by atoms with Gasteiger partial charge in [-0.3, -0.25) is 5.10 Å². The van der Waals surface area contributed by atoms with Crippen LogP contribution in [0.4, 0.5) is 11.1 Å². The minimum atomic E-state index is -0.0181. The second kappa shape index (κ2) is 7.06. The number of H-pyrrole nitrogens is 1. The Morgan fingerprint density at radius 3 is 2.96 bits per heavy atom. The van der Waals surface area contributed by atoms with Gasteiger partial charge in [0.05, 0.1) is 35.2 Å². The molecule has 1 unspecified atom stereocenters. The number of anilines is 2. The van der Waals surface area contributed by atoms with Gasteiger partial charge in [0.15, 0.2) is 5.13 Å². The molecule has 4 rings (SSSR count). The van der Waals surface area contributed by atoms with Gasteiger partial charge in [-0.15, -0.1) is 0 Å². The first-order valence-corrected chi connectivity index (χ1v) is 8.74. The number of thiazole rings is 1. The fraction of sp³-hybridized carbons (Fsp3) is 0.375. The van der Waals surface area contributed by atoms with E-state index in [0.717, 1.165) is 32.7 Å². The maximum absolute atomic E-state index is 5.84. The fourth-order valence-electron chi connectivity index (χ4n) is 2.40. The number of aromatic amines is 1. The highest BCUT2D eigenvalue weighted by Crippen LogP contribution is 2.39. The molecule has 0 aromatic carbocycles. The van der Waals surface area contributed by atoms with Gasteiger partial charge in [-0.2, -0.15) is 5.10 Å². The molecular formula is C16H20N6OS. The molecule has 0 amide bonds. The van der Waals surface area contributed by atoms with E-state index in [9.17, 15) is 0 Å². The zero-order chi connectivity index (χ0) is 17.1. The first kappa shape index (κ1) is 16.5. The summed E-state index contributed by atoms with van der Waals surface area (Å²) < 4.78 is 5.84. The lowest BCUT2D eigenvalue weighted by Gasteiger charge is -2.08. The first-order valence-electron chi connectivity index (χ1n) is 7.92. The molecule has 2 N–H and O–H groups in total. The van der Waals surface area contributed by atoms with E-state index in [1.165, 1.54) is 0 Å². The van der Waals surface area contributed by atoms with Crippen LogP contribution >= 0.6 is 11.3 Å². The zero-order valence-electron chi connectivity index (χ0n) is 14.1. The van der Waals surface area contributed by atoms with Crippen LogP contribution in [0.5, 0.6) is 0 Å². The van der Waals surface area contributed by atoms with Crippen LogP contribution in [0.2, 0.25) is 0 Å². The molecule has 4 heterocycles. The Morgan fingerprint density at radius 1 is 1.33 bits per heavy atom. The molecule has 0 saturated heterocycles. The average molecular weight is 344 g/mol. The topological polar surface area (TPSA) is 88.6 Å². The van der Waals surface area contributed by atoms with Gasteiger partial charge in [-0.05, 0) is 19.9 Å². The van der Waals surface area contributed by atoms with Crippen LogP contribution in [0.15, 0.2) is 18.5 Å². The first-order chi connectivity index (χ1) is 11.7. The van der Waals surface area contributed by atoms with E-state index in [0.29, 0.717) is 12.6 Å². The Morgan fingerprint density at radius 2 is 2.17 bits per heavy atom. The standard InChI is InChI=1S/C14H14N6OS.C2H6/c1-7-3-4-15-13(17-7)19-14-18-12-9-5-16-20-11(9)8(2)21-6-10(12)22-14;1-2/h3-5,8H,6H2,1-2H3,(H,16,20)(H,15,17,18,19);1-2H3. The minimum Gasteiger partial charge on any atom is -0.367 e. The third-order valence-corrected chi connectivity index (χ3v) is 4.45. The summed E-state index contributed by atoms with van der Waals surface area (Å²) in [6.07, 6.45) is 3.50. The summed E-state index contributed by atoms with van der Waals surface area (Å²) in [6, 6.07) is 1.86. The van der Waals surface area contributed by atoms with E-state index in [-0.39, 0.29) is 6.10 Å². The van der Waals surface area contributed by atoms with Crippen LogP contribution in [0.1, 0.15) is 43.1 Å². The highest BCUT2D eigenvalue weighted by Gasteiger charge is 2.25. The molecular weight excluding hydrogens is 324 g/mol. The molecule has 0 fully saturated rings. The van der Waals surface area contributed by atoms with E-state index in [1.807, 2.05) is 33.8 Å². The zero-order valence-corrected chi connectivity index (χ0v) is 14.9. The van der Waals surface area contributed by atoms with Gasteiger partial charge in [-0.25, -0.2) is 15.0 Å². The van der Waals surface area contributed by atoms with Crippen molar-refractivity contribution in [1.29, 1.82) is 0 Å². The molecule has 24 heavy (non-hydrogen) atoms. The maximum Gasteiger partial charge on any atom is 0.229 e. The van der Waals surface area contributed by atoms with Crippen molar-refractivity contribution in [3.8, 4) is 11.3 Å². The highest BCUT2D eigenvalue weighted by atomic mass is 32.1.